The van der Waals surface area contributed by atoms with Crippen molar-refractivity contribution >= 4 is 52.4 Å². The van der Waals surface area contributed by atoms with Crippen molar-refractivity contribution in [1.82, 2.24) is 4.98 Å². The van der Waals surface area contributed by atoms with Crippen molar-refractivity contribution in [3.8, 4) is 0 Å². The van der Waals surface area contributed by atoms with Crippen molar-refractivity contribution in [2.24, 2.45) is 5.41 Å². The third-order valence-corrected chi connectivity index (χ3v) is 9.10. The zero-order chi connectivity index (χ0) is 30.8. The lowest BCUT2D eigenvalue weighted by Gasteiger charge is -2.24. The molecule has 1 heterocycles. The molecule has 0 aliphatic heterocycles. The molecule has 0 bridgehead atoms. The Morgan fingerprint density at radius 1 is 1.10 bits per heavy atom. The first-order valence-electron chi connectivity index (χ1n) is 14.9. The van der Waals surface area contributed by atoms with Crippen molar-refractivity contribution in [2.75, 3.05) is 5.70 Å². The number of hydrogen-bond acceptors (Lipinski definition) is 4. The zero-order valence-electron chi connectivity index (χ0n) is 25.3. The van der Waals surface area contributed by atoms with E-state index >= 15 is 0 Å². The number of carboxylic acid groups (broad SMARTS) is 1. The summed E-state index contributed by atoms with van der Waals surface area (Å²) >= 11 is 7.39. The van der Waals surface area contributed by atoms with Crippen molar-refractivity contribution in [1.29, 1.82) is 0 Å². The van der Waals surface area contributed by atoms with E-state index in [-0.39, 0.29) is 11.7 Å². The molecule has 0 radical (unpaired) electrons. The number of nitrogens with zero attached hydrogens (tertiary/aromatic N) is 1. The first kappa shape index (κ1) is 26.8. The molecule has 0 spiro atoms. The van der Waals surface area contributed by atoms with Crippen LogP contribution in [0.2, 0.25) is 5.02 Å². The van der Waals surface area contributed by atoms with Crippen LogP contribution in [-0.2, 0) is 16.8 Å². The number of halogens is 1. The number of rotatable bonds is 12. The van der Waals surface area contributed by atoms with Gasteiger partial charge < -0.3 is 10.2 Å². The first-order chi connectivity index (χ1) is 20.3. The maximum absolute atomic E-state index is 11.6. The Morgan fingerprint density at radius 2 is 1.88 bits per heavy atom. The van der Waals surface area contributed by atoms with Crippen molar-refractivity contribution in [3.05, 3.63) is 112 Å². The molecule has 212 valence electrons. The fraction of sp³-hybridized carbons (Fsp3) is 0.314. The van der Waals surface area contributed by atoms with Gasteiger partial charge >= 0.3 is 5.97 Å². The minimum atomic E-state index is -1.71. The predicted molar refractivity (Wildman–Crippen MR) is 171 cm³/mol. The van der Waals surface area contributed by atoms with Gasteiger partial charge in [-0.2, -0.15) is 11.8 Å². The molecule has 0 unspecified atom stereocenters. The van der Waals surface area contributed by atoms with Crippen molar-refractivity contribution in [3.63, 3.8) is 0 Å². The van der Waals surface area contributed by atoms with E-state index in [1.54, 1.807) is 13.8 Å². The molecule has 5 rings (SSSR count). The van der Waals surface area contributed by atoms with E-state index in [4.69, 9.17) is 19.3 Å². The molecule has 1 atom stereocenters. The van der Waals surface area contributed by atoms with Gasteiger partial charge in [-0.05, 0) is 91.5 Å². The number of aryl methyl sites for hydroxylation is 1. The Morgan fingerprint density at radius 3 is 2.63 bits per heavy atom. The average molecular weight is 588 g/mol. The van der Waals surface area contributed by atoms with E-state index in [9.17, 15) is 15.0 Å². The van der Waals surface area contributed by atoms with Gasteiger partial charge in [-0.25, -0.2) is 4.98 Å². The van der Waals surface area contributed by atoms with E-state index in [2.05, 4.69) is 6.07 Å². The zero-order valence-corrected chi connectivity index (χ0v) is 24.9. The lowest BCUT2D eigenvalue weighted by atomic mass is 9.90. The lowest BCUT2D eigenvalue weighted by molar-refractivity contribution is -0.138. The van der Waals surface area contributed by atoms with Crippen molar-refractivity contribution in [2.45, 2.75) is 56.8 Å². The van der Waals surface area contributed by atoms with Crippen LogP contribution in [-0.4, -0.2) is 26.9 Å². The molecule has 3 aromatic carbocycles. The number of pyridine rings is 1. The molecule has 6 heteroatoms. The van der Waals surface area contributed by atoms with Gasteiger partial charge in [0.05, 0.1) is 23.2 Å². The number of carboxylic acids is 1. The molecule has 41 heavy (non-hydrogen) atoms. The van der Waals surface area contributed by atoms with Crippen LogP contribution < -0.4 is 0 Å². The molecule has 1 aliphatic carbocycles. The van der Waals surface area contributed by atoms with Gasteiger partial charge in [0.25, 0.3) is 0 Å². The highest BCUT2D eigenvalue weighted by molar-refractivity contribution is 7.99. The highest BCUT2D eigenvalue weighted by Gasteiger charge is 2.44. The van der Waals surface area contributed by atoms with Crippen LogP contribution in [0.25, 0.3) is 23.1 Å². The minimum Gasteiger partial charge on any atom is -0.481 e. The number of thioether (sulfide) groups is 1. The molecule has 2 N–H and O–H groups in total. The van der Waals surface area contributed by atoms with Gasteiger partial charge in [0.2, 0.25) is 0 Å². The van der Waals surface area contributed by atoms with E-state index < -0.39 is 22.7 Å². The number of aromatic nitrogens is 1. The highest BCUT2D eigenvalue weighted by Crippen LogP contribution is 2.53. The third-order valence-electron chi connectivity index (χ3n) is 7.52. The molecule has 1 aliphatic rings. The first-order valence-corrected chi connectivity index (χ1v) is 15.2. The summed E-state index contributed by atoms with van der Waals surface area (Å²) in [5, 5.41) is 21.7. The summed E-state index contributed by atoms with van der Waals surface area (Å²) in [6.45, 7) is 3.54. The number of aliphatic carboxylic acids is 1. The van der Waals surface area contributed by atoms with Crippen molar-refractivity contribution < 1.29 is 17.7 Å². The predicted octanol–water partition coefficient (Wildman–Crippen LogP) is 8.95. The fourth-order valence-corrected chi connectivity index (χ4v) is 6.46. The second kappa shape index (κ2) is 12.4. The number of fused-ring (bicyclic) bond motifs is 1. The van der Waals surface area contributed by atoms with Gasteiger partial charge in [0.15, 0.2) is 0 Å². The minimum absolute atomic E-state index is 0.173. The Labute approximate surface area is 254 Å². The normalized spacial score (nSPS) is 16.4. The molecule has 0 saturated heterocycles. The topological polar surface area (TPSA) is 70.4 Å². The standard InChI is InChI=1S/C35H36ClNO3S/c1-34(2,40)30-9-4-3-7-25(30)13-17-32(41-23-35(18-19-35)22-33(38)39)27-8-5-6-24(20-27)10-15-29-16-12-26-11-14-28(36)21-31(26)37-29/h3-12,14-16,20-21,32,40H,13,17-19,22-23H2,1-2H3,(H,38,39)/b15-10+/t32-/m1/s1/i23D2. The summed E-state index contributed by atoms with van der Waals surface area (Å²) < 4.78 is 18.0. The van der Waals surface area contributed by atoms with Crippen LogP contribution in [0.5, 0.6) is 0 Å². The van der Waals surface area contributed by atoms with Gasteiger partial charge in [-0.3, -0.25) is 4.79 Å². The molecule has 0 amide bonds. The van der Waals surface area contributed by atoms with Crippen LogP contribution in [0.4, 0.5) is 0 Å². The Balaban J connectivity index is 1.43. The van der Waals surface area contributed by atoms with Crippen LogP contribution in [0.3, 0.4) is 0 Å². The van der Waals surface area contributed by atoms with E-state index in [0.717, 1.165) is 38.9 Å². The van der Waals surface area contributed by atoms with Gasteiger partial charge in [-0.15, -0.1) is 0 Å². The maximum Gasteiger partial charge on any atom is 0.303 e. The SMILES string of the molecule is [2H]C([2H])(S[C@H](CCc1ccccc1C(C)(C)O)c1cccc(/C=C/c2ccc3ccc(Cl)cc3n2)c1)C1(CC(=O)O)CC1. The molecule has 4 aromatic rings. The van der Waals surface area contributed by atoms with Crippen LogP contribution in [0.15, 0.2) is 78.9 Å². The molecular weight excluding hydrogens is 550 g/mol. The Hall–Kier alpha value is -3.12. The summed E-state index contributed by atoms with van der Waals surface area (Å²) in [6, 6.07) is 25.5. The van der Waals surface area contributed by atoms with E-state index in [1.165, 1.54) is 11.8 Å². The largest absolute Gasteiger partial charge is 0.481 e. The third kappa shape index (κ3) is 7.79. The summed E-state index contributed by atoms with van der Waals surface area (Å²) in [5.74, 6) is -0.964. The number of aliphatic hydroxyl groups is 1. The number of carbonyl (C=O) groups is 1. The molecule has 1 saturated carbocycles. The van der Waals surface area contributed by atoms with Gasteiger partial charge in [0, 0.05) is 24.1 Å². The van der Waals surface area contributed by atoms with Crippen LogP contribution in [0.1, 0.15) is 75.5 Å². The lowest BCUT2D eigenvalue weighted by Crippen LogP contribution is -2.18. The van der Waals surface area contributed by atoms with E-state index in [0.29, 0.717) is 30.7 Å². The van der Waals surface area contributed by atoms with E-state index in [1.807, 2.05) is 84.9 Å². The summed E-state index contributed by atoms with van der Waals surface area (Å²) in [5.41, 5.74) is 1.86. The maximum atomic E-state index is 11.6. The molecule has 1 fully saturated rings. The Kier molecular flexibility index (Phi) is 8.09. The second-order valence-corrected chi connectivity index (χ2v) is 12.8. The number of benzene rings is 3. The smallest absolute Gasteiger partial charge is 0.303 e. The van der Waals surface area contributed by atoms with Gasteiger partial charge in [0.1, 0.15) is 0 Å². The number of hydrogen-bond donors (Lipinski definition) is 2. The molecule has 4 nitrogen and oxygen atoms in total. The fourth-order valence-electron chi connectivity index (χ4n) is 5.11. The Bertz CT molecular complexity index is 1660. The summed E-state index contributed by atoms with van der Waals surface area (Å²) in [4.78, 5) is 16.3. The summed E-state index contributed by atoms with van der Waals surface area (Å²) in [7, 11) is 0. The summed E-state index contributed by atoms with van der Waals surface area (Å²) in [6.07, 6.45) is 6.18. The van der Waals surface area contributed by atoms with Crippen LogP contribution >= 0.6 is 23.4 Å². The van der Waals surface area contributed by atoms with Gasteiger partial charge in [-0.1, -0.05) is 78.3 Å². The second-order valence-electron chi connectivity index (χ2n) is 11.4. The average Bonchev–Trinajstić information content (AvgIpc) is 3.74. The molecular formula is C35H36ClNO3S. The van der Waals surface area contributed by atoms with Crippen LogP contribution in [0, 0.1) is 5.41 Å². The highest BCUT2D eigenvalue weighted by atomic mass is 35.5. The monoisotopic (exact) mass is 587 g/mol. The quantitative estimate of drug-likeness (QED) is 0.173. The molecule has 1 aromatic heterocycles.